The fourth-order valence-electron chi connectivity index (χ4n) is 2.31. The van der Waals surface area contributed by atoms with E-state index in [2.05, 4.69) is 10.6 Å². The maximum atomic E-state index is 13.1. The highest BCUT2D eigenvalue weighted by Crippen LogP contribution is 2.26. The molecule has 2 aromatic rings. The number of anilines is 1. The van der Waals surface area contributed by atoms with Gasteiger partial charge in [-0.05, 0) is 39.0 Å². The Morgan fingerprint density at radius 1 is 1.22 bits per heavy atom. The van der Waals surface area contributed by atoms with Crippen LogP contribution in [-0.4, -0.2) is 17.7 Å². The predicted molar refractivity (Wildman–Crippen MR) is 81.1 cm³/mol. The predicted octanol–water partition coefficient (Wildman–Crippen LogP) is 3.20. The Balaban J connectivity index is 1.99. The number of carbonyl (C=O) groups is 1. The van der Waals surface area contributed by atoms with Gasteiger partial charge in [0.2, 0.25) is 0 Å². The summed E-state index contributed by atoms with van der Waals surface area (Å²) < 4.78 is 31.5. The summed E-state index contributed by atoms with van der Waals surface area (Å²) in [4.78, 5) is 11.8. The highest BCUT2D eigenvalue weighted by atomic mass is 19.1. The number of aliphatic hydroxyl groups is 1. The molecule has 0 aliphatic rings. The van der Waals surface area contributed by atoms with Crippen LogP contribution in [0.1, 0.15) is 24.0 Å². The Hall–Kier alpha value is -2.41. The van der Waals surface area contributed by atoms with Crippen molar-refractivity contribution in [1.82, 2.24) is 5.32 Å². The molecule has 0 radical (unpaired) electrons. The molecule has 0 spiro atoms. The summed E-state index contributed by atoms with van der Waals surface area (Å²) in [5.74, 6) is -0.382. The van der Waals surface area contributed by atoms with E-state index in [4.69, 9.17) is 4.42 Å². The molecule has 1 atom stereocenters. The van der Waals surface area contributed by atoms with E-state index in [0.29, 0.717) is 23.2 Å². The fraction of sp³-hybridized carbons (Fsp3) is 0.312. The maximum Gasteiger partial charge on any atom is 0.319 e. The number of hydrogen-bond donors (Lipinski definition) is 3. The van der Waals surface area contributed by atoms with Crippen LogP contribution < -0.4 is 10.6 Å². The van der Waals surface area contributed by atoms with Gasteiger partial charge >= 0.3 is 6.03 Å². The van der Waals surface area contributed by atoms with Gasteiger partial charge in [-0.15, -0.1) is 0 Å². The van der Waals surface area contributed by atoms with E-state index in [1.807, 2.05) is 0 Å². The standard InChI is InChI=1S/C16H18F2N2O3/c1-9-4-14(10(2)23-9)16(3,22)8-19-15(21)20-13-6-11(17)5-12(18)7-13/h4-7,22H,8H2,1-3H3,(H2,19,20,21). The topological polar surface area (TPSA) is 74.5 Å². The molecule has 0 aliphatic heterocycles. The lowest BCUT2D eigenvalue weighted by Crippen LogP contribution is -2.40. The number of hydrogen-bond acceptors (Lipinski definition) is 3. The number of urea groups is 1. The molecule has 0 fully saturated rings. The number of amides is 2. The second-order valence-electron chi connectivity index (χ2n) is 5.57. The number of carbonyl (C=O) groups excluding carboxylic acids is 1. The van der Waals surface area contributed by atoms with Crippen LogP contribution >= 0.6 is 0 Å². The molecule has 1 aromatic heterocycles. The first-order valence-electron chi connectivity index (χ1n) is 6.98. The Morgan fingerprint density at radius 2 is 1.83 bits per heavy atom. The van der Waals surface area contributed by atoms with Gasteiger partial charge in [-0.1, -0.05) is 0 Å². The van der Waals surface area contributed by atoms with Crippen molar-refractivity contribution in [2.45, 2.75) is 26.4 Å². The third-order valence-corrected chi connectivity index (χ3v) is 3.33. The normalized spacial score (nSPS) is 13.5. The SMILES string of the molecule is Cc1cc(C(C)(O)CNC(=O)Nc2cc(F)cc(F)c2)c(C)o1. The monoisotopic (exact) mass is 324 g/mol. The molecule has 0 saturated carbocycles. The summed E-state index contributed by atoms with van der Waals surface area (Å²) in [6.45, 7) is 4.90. The van der Waals surface area contributed by atoms with Gasteiger partial charge in [0.1, 0.15) is 28.8 Å². The van der Waals surface area contributed by atoms with Crippen LogP contribution in [0, 0.1) is 25.5 Å². The van der Waals surface area contributed by atoms with Crippen LogP contribution in [0.15, 0.2) is 28.7 Å². The zero-order valence-corrected chi connectivity index (χ0v) is 13.0. The third-order valence-electron chi connectivity index (χ3n) is 3.33. The van der Waals surface area contributed by atoms with Crippen LogP contribution in [-0.2, 0) is 5.60 Å². The number of benzene rings is 1. The minimum atomic E-state index is -1.34. The Labute approximate surface area is 132 Å². The number of furan rings is 1. The van der Waals surface area contributed by atoms with Gasteiger partial charge in [0.25, 0.3) is 0 Å². The molecule has 5 nitrogen and oxygen atoms in total. The van der Waals surface area contributed by atoms with Gasteiger partial charge in [-0.25, -0.2) is 13.6 Å². The minimum absolute atomic E-state index is 0.0185. The quantitative estimate of drug-likeness (QED) is 0.808. The molecule has 23 heavy (non-hydrogen) atoms. The lowest BCUT2D eigenvalue weighted by Gasteiger charge is -2.23. The van der Waals surface area contributed by atoms with Crippen molar-refractivity contribution < 1.29 is 23.1 Å². The average Bonchev–Trinajstić information content (AvgIpc) is 2.75. The van der Waals surface area contributed by atoms with E-state index in [1.165, 1.54) is 6.92 Å². The molecular weight excluding hydrogens is 306 g/mol. The third kappa shape index (κ3) is 4.29. The summed E-state index contributed by atoms with van der Waals surface area (Å²) in [5, 5.41) is 15.2. The second kappa shape index (κ2) is 6.37. The highest BCUT2D eigenvalue weighted by molar-refractivity contribution is 5.89. The Kier molecular flexibility index (Phi) is 4.70. The summed E-state index contributed by atoms with van der Waals surface area (Å²) in [7, 11) is 0. The van der Waals surface area contributed by atoms with Gasteiger partial charge in [0.15, 0.2) is 0 Å². The van der Waals surface area contributed by atoms with Crippen LogP contribution in [0.4, 0.5) is 19.3 Å². The van der Waals surface area contributed by atoms with Crippen molar-refractivity contribution in [1.29, 1.82) is 0 Å². The highest BCUT2D eigenvalue weighted by Gasteiger charge is 2.28. The van der Waals surface area contributed by atoms with Crippen molar-refractivity contribution >= 4 is 11.7 Å². The molecule has 2 amide bonds. The Bertz CT molecular complexity index is 706. The molecule has 0 bridgehead atoms. The molecule has 1 unspecified atom stereocenters. The van der Waals surface area contributed by atoms with E-state index >= 15 is 0 Å². The number of nitrogens with one attached hydrogen (secondary N) is 2. The van der Waals surface area contributed by atoms with E-state index in [9.17, 15) is 18.7 Å². The van der Waals surface area contributed by atoms with Crippen LogP contribution in [0.2, 0.25) is 0 Å². The molecule has 1 aromatic carbocycles. The van der Waals surface area contributed by atoms with Gasteiger partial charge in [-0.3, -0.25) is 0 Å². The minimum Gasteiger partial charge on any atom is -0.466 e. The van der Waals surface area contributed by atoms with Gasteiger partial charge < -0.3 is 20.2 Å². The molecule has 0 saturated heterocycles. The summed E-state index contributed by atoms with van der Waals surface area (Å²) >= 11 is 0. The van der Waals surface area contributed by atoms with Crippen LogP contribution in [0.3, 0.4) is 0 Å². The van der Waals surface area contributed by atoms with Crippen molar-refractivity contribution in [3.05, 3.63) is 53.0 Å². The maximum absolute atomic E-state index is 13.1. The van der Waals surface area contributed by atoms with Gasteiger partial charge in [0, 0.05) is 17.3 Å². The largest absolute Gasteiger partial charge is 0.466 e. The van der Waals surface area contributed by atoms with E-state index in [1.54, 1.807) is 19.9 Å². The molecular formula is C16H18F2N2O3. The molecule has 0 aliphatic carbocycles. The first-order chi connectivity index (χ1) is 10.7. The number of halogens is 2. The van der Waals surface area contributed by atoms with Crippen LogP contribution in [0.5, 0.6) is 0 Å². The zero-order chi connectivity index (χ0) is 17.2. The Morgan fingerprint density at radius 3 is 2.35 bits per heavy atom. The van der Waals surface area contributed by atoms with Gasteiger partial charge in [0.05, 0.1) is 6.54 Å². The molecule has 124 valence electrons. The first kappa shape index (κ1) is 17.0. The average molecular weight is 324 g/mol. The van der Waals surface area contributed by atoms with Crippen molar-refractivity contribution in [3.8, 4) is 0 Å². The van der Waals surface area contributed by atoms with Crippen molar-refractivity contribution in [3.63, 3.8) is 0 Å². The number of aryl methyl sites for hydroxylation is 2. The van der Waals surface area contributed by atoms with Crippen molar-refractivity contribution in [2.75, 3.05) is 11.9 Å². The lowest BCUT2D eigenvalue weighted by atomic mass is 9.96. The first-order valence-corrected chi connectivity index (χ1v) is 6.98. The smallest absolute Gasteiger partial charge is 0.319 e. The summed E-state index contributed by atoms with van der Waals surface area (Å²) in [6.07, 6.45) is 0. The molecule has 2 rings (SSSR count). The lowest BCUT2D eigenvalue weighted by molar-refractivity contribution is 0.0584. The molecule has 1 heterocycles. The van der Waals surface area contributed by atoms with E-state index < -0.39 is 23.3 Å². The molecule has 3 N–H and O–H groups in total. The van der Waals surface area contributed by atoms with Gasteiger partial charge in [-0.2, -0.15) is 0 Å². The number of rotatable bonds is 4. The summed E-state index contributed by atoms with van der Waals surface area (Å²) in [6, 6.07) is 3.69. The second-order valence-corrected chi connectivity index (χ2v) is 5.57. The van der Waals surface area contributed by atoms with E-state index in [-0.39, 0.29) is 12.2 Å². The van der Waals surface area contributed by atoms with Crippen LogP contribution in [0.25, 0.3) is 0 Å². The van der Waals surface area contributed by atoms with E-state index in [0.717, 1.165) is 12.1 Å². The fourth-order valence-corrected chi connectivity index (χ4v) is 2.31. The van der Waals surface area contributed by atoms with Crippen molar-refractivity contribution in [2.24, 2.45) is 0 Å². The molecule has 7 heteroatoms. The zero-order valence-electron chi connectivity index (χ0n) is 13.0. The summed E-state index contributed by atoms with van der Waals surface area (Å²) in [5.41, 5.74) is -0.797.